The number of nitrogen functional groups attached to an aromatic ring is 1. The summed E-state index contributed by atoms with van der Waals surface area (Å²) in [6.45, 7) is 1.75. The van der Waals surface area contributed by atoms with Crippen LogP contribution in [0.3, 0.4) is 0 Å². The van der Waals surface area contributed by atoms with E-state index in [1.54, 1.807) is 6.92 Å². The van der Waals surface area contributed by atoms with Gasteiger partial charge in [-0.25, -0.2) is 9.59 Å². The van der Waals surface area contributed by atoms with Crippen LogP contribution in [0.1, 0.15) is 27.8 Å². The normalized spacial score (nSPS) is 9.79. The van der Waals surface area contributed by atoms with Gasteiger partial charge in [-0.3, -0.25) is 5.10 Å². The Morgan fingerprint density at radius 1 is 1.64 bits per heavy atom. The number of H-pyrrole nitrogens is 1. The van der Waals surface area contributed by atoms with Crippen molar-refractivity contribution in [2.45, 2.75) is 6.92 Å². The van der Waals surface area contributed by atoms with Crippen LogP contribution in [0, 0.1) is 0 Å². The second-order valence-electron chi connectivity index (χ2n) is 2.39. The summed E-state index contributed by atoms with van der Waals surface area (Å²) in [5.74, 6) is -2.29. The molecule has 0 aliphatic heterocycles. The minimum Gasteiger partial charge on any atom is -0.477 e. The first-order valence-corrected chi connectivity index (χ1v) is 3.82. The topological polar surface area (TPSA) is 118 Å². The fourth-order valence-electron chi connectivity index (χ4n) is 0.919. The maximum absolute atomic E-state index is 11.2. The van der Waals surface area contributed by atoms with Gasteiger partial charge in [0, 0.05) is 0 Å². The van der Waals surface area contributed by atoms with E-state index < -0.39 is 11.9 Å². The summed E-state index contributed by atoms with van der Waals surface area (Å²) >= 11 is 0. The molecule has 0 aromatic carbocycles. The van der Waals surface area contributed by atoms with Crippen molar-refractivity contribution in [3.8, 4) is 0 Å². The van der Waals surface area contributed by atoms with E-state index in [0.717, 1.165) is 0 Å². The number of carboxylic acid groups (broad SMARTS) is 1. The molecule has 1 rings (SSSR count). The van der Waals surface area contributed by atoms with E-state index in [2.05, 4.69) is 14.9 Å². The van der Waals surface area contributed by atoms with Gasteiger partial charge in [0.15, 0.2) is 5.69 Å². The van der Waals surface area contributed by atoms with Crippen LogP contribution in [0.4, 0.5) is 5.82 Å². The maximum Gasteiger partial charge on any atom is 0.359 e. The van der Waals surface area contributed by atoms with Crippen molar-refractivity contribution >= 4 is 17.8 Å². The van der Waals surface area contributed by atoms with E-state index in [1.165, 1.54) is 0 Å². The SMILES string of the molecule is CCOC(=O)c1n[nH]c(N)c1C(=O)O. The number of carbonyl (C=O) groups is 2. The van der Waals surface area contributed by atoms with Crippen LogP contribution in [0.2, 0.25) is 0 Å². The highest BCUT2D eigenvalue weighted by atomic mass is 16.5. The van der Waals surface area contributed by atoms with Crippen molar-refractivity contribution in [1.82, 2.24) is 10.2 Å². The summed E-state index contributed by atoms with van der Waals surface area (Å²) in [5, 5.41) is 14.4. The number of nitrogens with zero attached hydrogens (tertiary/aromatic N) is 1. The molecule has 0 atom stereocenters. The Labute approximate surface area is 78.9 Å². The van der Waals surface area contributed by atoms with Crippen molar-refractivity contribution in [1.29, 1.82) is 0 Å². The van der Waals surface area contributed by atoms with Crippen LogP contribution in [-0.4, -0.2) is 33.8 Å². The first-order chi connectivity index (χ1) is 6.57. The summed E-state index contributed by atoms with van der Waals surface area (Å²) in [5.41, 5.74) is 4.60. The molecule has 0 fully saturated rings. The van der Waals surface area contributed by atoms with Crippen molar-refractivity contribution < 1.29 is 19.4 Å². The Bertz CT molecular complexity index is 371. The monoisotopic (exact) mass is 199 g/mol. The standard InChI is InChI=1S/C7H9N3O4/c1-2-14-7(13)4-3(6(11)12)5(8)10-9-4/h2H2,1H3,(H,11,12)(H3,8,9,10). The summed E-state index contributed by atoms with van der Waals surface area (Å²) in [6, 6.07) is 0. The lowest BCUT2D eigenvalue weighted by Crippen LogP contribution is -2.11. The Morgan fingerprint density at radius 3 is 2.79 bits per heavy atom. The van der Waals surface area contributed by atoms with E-state index in [-0.39, 0.29) is 23.7 Å². The second-order valence-corrected chi connectivity index (χ2v) is 2.39. The number of aromatic carboxylic acids is 1. The van der Waals surface area contributed by atoms with Gasteiger partial charge in [-0.1, -0.05) is 0 Å². The number of nitrogens with two attached hydrogens (primary N) is 1. The number of aromatic amines is 1. The fraction of sp³-hybridized carbons (Fsp3) is 0.286. The average molecular weight is 199 g/mol. The molecule has 0 bridgehead atoms. The number of aromatic nitrogens is 2. The maximum atomic E-state index is 11.2. The zero-order valence-corrected chi connectivity index (χ0v) is 7.40. The molecule has 0 aliphatic carbocycles. The summed E-state index contributed by atoms with van der Waals surface area (Å²) in [4.78, 5) is 21.8. The first kappa shape index (κ1) is 10.0. The van der Waals surface area contributed by atoms with Gasteiger partial charge in [0.1, 0.15) is 11.4 Å². The Balaban J connectivity index is 3.09. The van der Waals surface area contributed by atoms with E-state index in [9.17, 15) is 9.59 Å². The molecule has 1 aromatic heterocycles. The highest BCUT2D eigenvalue weighted by Crippen LogP contribution is 2.13. The molecule has 0 aliphatic rings. The van der Waals surface area contributed by atoms with Gasteiger partial charge in [-0.05, 0) is 6.92 Å². The summed E-state index contributed by atoms with van der Waals surface area (Å²) in [7, 11) is 0. The van der Waals surface area contributed by atoms with E-state index in [4.69, 9.17) is 10.8 Å². The molecule has 0 unspecified atom stereocenters. The van der Waals surface area contributed by atoms with Crippen LogP contribution in [-0.2, 0) is 4.74 Å². The Hall–Kier alpha value is -2.05. The number of ether oxygens (including phenoxy) is 1. The quantitative estimate of drug-likeness (QED) is 0.583. The number of rotatable bonds is 3. The van der Waals surface area contributed by atoms with Crippen LogP contribution < -0.4 is 5.73 Å². The minimum absolute atomic E-state index is 0.144. The van der Waals surface area contributed by atoms with Gasteiger partial charge in [0.2, 0.25) is 0 Å². The molecular formula is C7H9N3O4. The predicted molar refractivity (Wildman–Crippen MR) is 45.9 cm³/mol. The van der Waals surface area contributed by atoms with Gasteiger partial charge in [-0.15, -0.1) is 0 Å². The zero-order chi connectivity index (χ0) is 10.7. The van der Waals surface area contributed by atoms with Gasteiger partial charge in [-0.2, -0.15) is 5.10 Å². The number of esters is 1. The van der Waals surface area contributed by atoms with Crippen molar-refractivity contribution in [3.63, 3.8) is 0 Å². The highest BCUT2D eigenvalue weighted by molar-refractivity contribution is 6.04. The smallest absolute Gasteiger partial charge is 0.359 e. The fourth-order valence-corrected chi connectivity index (χ4v) is 0.919. The molecule has 0 radical (unpaired) electrons. The van der Waals surface area contributed by atoms with Crippen LogP contribution >= 0.6 is 0 Å². The summed E-state index contributed by atoms with van der Waals surface area (Å²) in [6.07, 6.45) is 0. The van der Waals surface area contributed by atoms with Crippen molar-refractivity contribution in [2.75, 3.05) is 12.3 Å². The largest absolute Gasteiger partial charge is 0.477 e. The average Bonchev–Trinajstić information content (AvgIpc) is 2.47. The molecule has 14 heavy (non-hydrogen) atoms. The van der Waals surface area contributed by atoms with Crippen LogP contribution in [0.15, 0.2) is 0 Å². The zero-order valence-electron chi connectivity index (χ0n) is 7.40. The summed E-state index contributed by atoms with van der Waals surface area (Å²) < 4.78 is 4.59. The van der Waals surface area contributed by atoms with Gasteiger partial charge >= 0.3 is 11.9 Å². The minimum atomic E-state index is -1.32. The first-order valence-electron chi connectivity index (χ1n) is 3.82. The Kier molecular flexibility index (Phi) is 2.70. The molecule has 0 saturated carbocycles. The van der Waals surface area contributed by atoms with Crippen molar-refractivity contribution in [2.24, 2.45) is 0 Å². The van der Waals surface area contributed by atoms with Gasteiger partial charge in [0.25, 0.3) is 0 Å². The number of nitrogens with one attached hydrogen (secondary N) is 1. The van der Waals surface area contributed by atoms with Gasteiger partial charge < -0.3 is 15.6 Å². The third-order valence-corrected chi connectivity index (χ3v) is 1.48. The number of hydrogen-bond acceptors (Lipinski definition) is 5. The van der Waals surface area contributed by atoms with Gasteiger partial charge in [0.05, 0.1) is 6.61 Å². The molecule has 0 spiro atoms. The molecule has 1 heterocycles. The molecule has 1 aromatic rings. The molecular weight excluding hydrogens is 190 g/mol. The van der Waals surface area contributed by atoms with E-state index >= 15 is 0 Å². The lowest BCUT2D eigenvalue weighted by molar-refractivity contribution is 0.0508. The number of carboxylic acids is 1. The lowest BCUT2D eigenvalue weighted by Gasteiger charge is -1.98. The second kappa shape index (κ2) is 3.77. The molecule has 4 N–H and O–H groups in total. The molecule has 7 nitrogen and oxygen atoms in total. The molecule has 7 heteroatoms. The van der Waals surface area contributed by atoms with Crippen LogP contribution in [0.5, 0.6) is 0 Å². The molecule has 76 valence electrons. The number of carbonyl (C=O) groups excluding carboxylic acids is 1. The highest BCUT2D eigenvalue weighted by Gasteiger charge is 2.24. The Morgan fingerprint density at radius 2 is 2.29 bits per heavy atom. The predicted octanol–water partition coefficient (Wildman–Crippen LogP) is -0.133. The van der Waals surface area contributed by atoms with E-state index in [0.29, 0.717) is 0 Å². The molecule has 0 saturated heterocycles. The molecule has 0 amide bonds. The number of anilines is 1. The third-order valence-electron chi connectivity index (χ3n) is 1.48. The van der Waals surface area contributed by atoms with Crippen LogP contribution in [0.25, 0.3) is 0 Å². The lowest BCUT2D eigenvalue weighted by atomic mass is 10.2. The van der Waals surface area contributed by atoms with Crippen molar-refractivity contribution in [3.05, 3.63) is 11.3 Å². The third kappa shape index (κ3) is 1.65. The van der Waals surface area contributed by atoms with E-state index in [1.807, 2.05) is 0 Å². The number of hydrogen-bond donors (Lipinski definition) is 3.